The maximum absolute atomic E-state index is 12.3. The van der Waals surface area contributed by atoms with Crippen LogP contribution in [0.3, 0.4) is 0 Å². The van der Waals surface area contributed by atoms with Crippen LogP contribution < -0.4 is 11.2 Å². The first-order chi connectivity index (χ1) is 14.0. The van der Waals surface area contributed by atoms with Crippen molar-refractivity contribution in [2.75, 3.05) is 5.75 Å². The summed E-state index contributed by atoms with van der Waals surface area (Å²) in [7, 11) is 1.58. The molecule has 0 saturated heterocycles. The molecule has 0 saturated carbocycles. The smallest absolute Gasteiger partial charge is 0.312 e. The number of thioether (sulfide) groups is 1. The fraction of sp³-hybridized carbons (Fsp3) is 0.294. The van der Waals surface area contributed by atoms with Crippen LogP contribution in [0.1, 0.15) is 6.92 Å². The number of H-pyrrole nitrogens is 1. The summed E-state index contributed by atoms with van der Waals surface area (Å²) >= 11 is 4.94. The molecular formula is C17H17BrN8O2S. The standard InChI is InChI=1S/C17H17BrN8O2S/c1-10(9-29-17-21-22-23-26(17)11-6-4-3-5-7-11)8-25-12-13(19-15(25)18)24(2)16(28)20-14(12)27/h3-7,10H,8-9H2,1-2H3,(H,20,27,28)/t10-/m1/s1. The van der Waals surface area contributed by atoms with Crippen LogP contribution in [0.2, 0.25) is 0 Å². The Morgan fingerprint density at radius 1 is 1.24 bits per heavy atom. The zero-order valence-electron chi connectivity index (χ0n) is 15.6. The van der Waals surface area contributed by atoms with Gasteiger partial charge in [0.2, 0.25) is 5.16 Å². The molecule has 29 heavy (non-hydrogen) atoms. The Kier molecular flexibility index (Phi) is 5.37. The summed E-state index contributed by atoms with van der Waals surface area (Å²) in [5.41, 5.74) is 0.664. The van der Waals surface area contributed by atoms with Crippen molar-refractivity contribution in [3.05, 3.63) is 55.9 Å². The van der Waals surface area contributed by atoms with E-state index in [-0.39, 0.29) is 5.92 Å². The van der Waals surface area contributed by atoms with Gasteiger partial charge < -0.3 is 4.57 Å². The maximum Gasteiger partial charge on any atom is 0.329 e. The number of para-hydroxylation sites is 1. The van der Waals surface area contributed by atoms with Crippen LogP contribution in [0, 0.1) is 5.92 Å². The minimum Gasteiger partial charge on any atom is -0.312 e. The zero-order chi connectivity index (χ0) is 20.5. The van der Waals surface area contributed by atoms with Crippen molar-refractivity contribution in [1.82, 2.24) is 39.3 Å². The van der Waals surface area contributed by atoms with E-state index in [1.807, 2.05) is 30.3 Å². The van der Waals surface area contributed by atoms with E-state index in [9.17, 15) is 9.59 Å². The summed E-state index contributed by atoms with van der Waals surface area (Å²) in [6.45, 7) is 2.61. The van der Waals surface area contributed by atoms with Gasteiger partial charge in [-0.05, 0) is 44.4 Å². The molecule has 0 bridgehead atoms. The zero-order valence-corrected chi connectivity index (χ0v) is 18.0. The minimum absolute atomic E-state index is 0.172. The van der Waals surface area contributed by atoms with Crippen molar-refractivity contribution in [1.29, 1.82) is 0 Å². The van der Waals surface area contributed by atoms with Crippen LogP contribution in [0.25, 0.3) is 16.9 Å². The molecular weight excluding hydrogens is 460 g/mol. The first kappa shape index (κ1) is 19.6. The van der Waals surface area contributed by atoms with Crippen molar-refractivity contribution in [2.45, 2.75) is 18.6 Å². The molecule has 3 heterocycles. The number of aromatic nitrogens is 8. The third kappa shape index (κ3) is 3.77. The second-order valence-electron chi connectivity index (χ2n) is 6.61. The number of nitrogens with zero attached hydrogens (tertiary/aromatic N) is 7. The molecule has 0 spiro atoms. The van der Waals surface area contributed by atoms with Gasteiger partial charge in [-0.2, -0.15) is 4.68 Å². The molecule has 1 aromatic carbocycles. The average Bonchev–Trinajstić information content (AvgIpc) is 3.30. The fourth-order valence-electron chi connectivity index (χ4n) is 2.96. The lowest BCUT2D eigenvalue weighted by Crippen LogP contribution is -2.29. The van der Waals surface area contributed by atoms with E-state index in [1.54, 1.807) is 16.3 Å². The van der Waals surface area contributed by atoms with Crippen molar-refractivity contribution in [3.8, 4) is 5.69 Å². The fourth-order valence-corrected chi connectivity index (χ4v) is 4.34. The van der Waals surface area contributed by atoms with Gasteiger partial charge in [-0.1, -0.05) is 36.9 Å². The average molecular weight is 477 g/mol. The number of aromatic amines is 1. The molecule has 4 aromatic rings. The van der Waals surface area contributed by atoms with E-state index in [2.05, 4.69) is 48.3 Å². The Morgan fingerprint density at radius 3 is 2.76 bits per heavy atom. The highest BCUT2D eigenvalue weighted by Crippen LogP contribution is 2.23. The molecule has 4 rings (SSSR count). The van der Waals surface area contributed by atoms with E-state index in [0.29, 0.717) is 27.6 Å². The Bertz CT molecular complexity index is 1280. The van der Waals surface area contributed by atoms with Crippen LogP contribution in [-0.2, 0) is 13.6 Å². The van der Waals surface area contributed by atoms with Gasteiger partial charge in [0.1, 0.15) is 0 Å². The number of nitrogens with one attached hydrogen (secondary N) is 1. The van der Waals surface area contributed by atoms with Gasteiger partial charge in [-0.25, -0.2) is 9.78 Å². The number of tetrazole rings is 1. The molecule has 10 nitrogen and oxygen atoms in total. The first-order valence-corrected chi connectivity index (χ1v) is 10.5. The van der Waals surface area contributed by atoms with E-state index in [1.165, 1.54) is 16.3 Å². The summed E-state index contributed by atoms with van der Waals surface area (Å²) < 4.78 is 5.30. The third-order valence-corrected chi connectivity index (χ3v) is 6.25. The number of rotatable bonds is 6. The van der Waals surface area contributed by atoms with Crippen molar-refractivity contribution in [3.63, 3.8) is 0 Å². The molecule has 1 atom stereocenters. The number of hydrogen-bond donors (Lipinski definition) is 1. The number of imidazole rings is 1. The molecule has 0 amide bonds. The number of benzene rings is 1. The molecule has 1 N–H and O–H groups in total. The highest BCUT2D eigenvalue weighted by atomic mass is 79.9. The van der Waals surface area contributed by atoms with Crippen molar-refractivity contribution in [2.24, 2.45) is 13.0 Å². The van der Waals surface area contributed by atoms with Gasteiger partial charge >= 0.3 is 5.69 Å². The predicted molar refractivity (Wildman–Crippen MR) is 112 cm³/mol. The largest absolute Gasteiger partial charge is 0.329 e. The molecule has 12 heteroatoms. The Morgan fingerprint density at radius 2 is 2.00 bits per heavy atom. The highest BCUT2D eigenvalue weighted by molar-refractivity contribution is 9.10. The quantitative estimate of drug-likeness (QED) is 0.331. The summed E-state index contributed by atoms with van der Waals surface area (Å²) in [5.74, 6) is 0.898. The van der Waals surface area contributed by atoms with Gasteiger partial charge in [0.25, 0.3) is 5.56 Å². The molecule has 0 radical (unpaired) electrons. The minimum atomic E-state index is -0.490. The predicted octanol–water partition coefficient (Wildman–Crippen LogP) is 1.59. The van der Waals surface area contributed by atoms with Crippen LogP contribution >= 0.6 is 27.7 Å². The van der Waals surface area contributed by atoms with E-state index >= 15 is 0 Å². The van der Waals surface area contributed by atoms with Crippen LogP contribution in [0.15, 0.2) is 49.8 Å². The van der Waals surface area contributed by atoms with Gasteiger partial charge in [0, 0.05) is 19.3 Å². The lowest BCUT2D eigenvalue weighted by atomic mass is 10.2. The molecule has 0 aliphatic rings. The molecule has 0 unspecified atom stereocenters. The van der Waals surface area contributed by atoms with E-state index in [4.69, 9.17) is 0 Å². The second-order valence-corrected chi connectivity index (χ2v) is 8.30. The second kappa shape index (κ2) is 7.95. The molecule has 150 valence electrons. The van der Waals surface area contributed by atoms with Gasteiger partial charge in [0.05, 0.1) is 5.69 Å². The third-order valence-electron chi connectivity index (χ3n) is 4.39. The summed E-state index contributed by atoms with van der Waals surface area (Å²) in [5, 5.41) is 12.6. The number of hydrogen-bond acceptors (Lipinski definition) is 7. The van der Waals surface area contributed by atoms with E-state index in [0.717, 1.165) is 11.4 Å². The van der Waals surface area contributed by atoms with Crippen molar-refractivity contribution < 1.29 is 0 Å². The number of aryl methyl sites for hydroxylation is 1. The van der Waals surface area contributed by atoms with Crippen LogP contribution in [-0.4, -0.2) is 45.1 Å². The SMILES string of the molecule is C[C@@H](CSc1nnnn1-c1ccccc1)Cn1c(Br)nc2c1c(=O)[nH]c(=O)n2C. The van der Waals surface area contributed by atoms with Crippen molar-refractivity contribution >= 4 is 38.9 Å². The summed E-state index contributed by atoms with van der Waals surface area (Å²) in [6, 6.07) is 9.68. The van der Waals surface area contributed by atoms with Crippen LogP contribution in [0.4, 0.5) is 0 Å². The Hall–Kier alpha value is -2.73. The topological polar surface area (TPSA) is 116 Å². The lowest BCUT2D eigenvalue weighted by molar-refractivity contribution is 0.531. The van der Waals surface area contributed by atoms with Gasteiger partial charge in [-0.3, -0.25) is 14.3 Å². The maximum atomic E-state index is 12.3. The highest BCUT2D eigenvalue weighted by Gasteiger charge is 2.18. The van der Waals surface area contributed by atoms with Gasteiger partial charge in [0.15, 0.2) is 15.9 Å². The molecule has 0 aliphatic heterocycles. The molecule has 0 fully saturated rings. The Balaban J connectivity index is 1.54. The van der Waals surface area contributed by atoms with E-state index < -0.39 is 11.2 Å². The summed E-state index contributed by atoms with van der Waals surface area (Å²) in [4.78, 5) is 30.8. The summed E-state index contributed by atoms with van der Waals surface area (Å²) in [6.07, 6.45) is 0. The van der Waals surface area contributed by atoms with Crippen LogP contribution in [0.5, 0.6) is 0 Å². The van der Waals surface area contributed by atoms with Gasteiger partial charge in [-0.15, -0.1) is 5.10 Å². The Labute approximate surface area is 177 Å². The monoisotopic (exact) mass is 476 g/mol. The lowest BCUT2D eigenvalue weighted by Gasteiger charge is -2.13. The molecule has 0 aliphatic carbocycles. The molecule has 3 aromatic heterocycles. The number of fused-ring (bicyclic) bond motifs is 1. The number of halogens is 1. The first-order valence-electron chi connectivity index (χ1n) is 8.77. The normalized spacial score (nSPS) is 12.5.